The Morgan fingerprint density at radius 1 is 1.10 bits per heavy atom. The van der Waals surface area contributed by atoms with Crippen LogP contribution in [0.1, 0.15) is 42.1 Å². The van der Waals surface area contributed by atoms with Crippen LogP contribution in [0.4, 0.5) is 0 Å². The lowest BCUT2D eigenvalue weighted by molar-refractivity contribution is 0.579. The van der Waals surface area contributed by atoms with Crippen molar-refractivity contribution in [3.05, 3.63) is 58.7 Å². The molecule has 0 atom stereocenters. The fraction of sp³-hybridized carbons (Fsp3) is 0.412. The Kier molecular flexibility index (Phi) is 4.85. The molecule has 1 heterocycles. The van der Waals surface area contributed by atoms with Crippen LogP contribution in [0.15, 0.2) is 30.5 Å². The normalized spacial score (nSPS) is 11.1. The quantitative estimate of drug-likeness (QED) is 0.906. The fourth-order valence-corrected chi connectivity index (χ4v) is 2.29. The molecule has 2 rings (SSSR count). The van der Waals surface area contributed by atoms with Crippen LogP contribution < -0.4 is 5.32 Å². The van der Waals surface area contributed by atoms with Crippen LogP contribution in [0.25, 0.3) is 0 Å². The second-order valence-electron chi connectivity index (χ2n) is 5.67. The molecule has 1 aromatic carbocycles. The molecule has 2 aromatic rings. The molecule has 0 aliphatic rings. The number of aromatic nitrogens is 2. The Hall–Kier alpha value is -1.74. The van der Waals surface area contributed by atoms with Crippen molar-refractivity contribution in [2.24, 2.45) is 0 Å². The van der Waals surface area contributed by atoms with Gasteiger partial charge in [0.1, 0.15) is 5.82 Å². The standard InChI is InChI=1S/C17H23N3/c1-12(2)19-11-16-5-6-18-17(20-16)10-15-8-13(3)7-14(4)9-15/h5-9,12,19H,10-11H2,1-4H3. The van der Waals surface area contributed by atoms with Gasteiger partial charge in [0.25, 0.3) is 0 Å². The molecule has 0 saturated carbocycles. The largest absolute Gasteiger partial charge is 0.309 e. The van der Waals surface area contributed by atoms with E-state index in [-0.39, 0.29) is 0 Å². The zero-order valence-electron chi connectivity index (χ0n) is 12.8. The molecule has 1 N–H and O–H groups in total. The number of hydrogen-bond donors (Lipinski definition) is 1. The molecular weight excluding hydrogens is 246 g/mol. The van der Waals surface area contributed by atoms with Gasteiger partial charge in [-0.1, -0.05) is 43.2 Å². The van der Waals surface area contributed by atoms with Gasteiger partial charge in [0.05, 0.1) is 5.69 Å². The van der Waals surface area contributed by atoms with Crippen molar-refractivity contribution in [2.45, 2.75) is 46.7 Å². The Morgan fingerprint density at radius 3 is 2.45 bits per heavy atom. The summed E-state index contributed by atoms with van der Waals surface area (Å²) >= 11 is 0. The first-order chi connectivity index (χ1) is 9.52. The zero-order valence-corrected chi connectivity index (χ0v) is 12.8. The predicted molar refractivity (Wildman–Crippen MR) is 82.7 cm³/mol. The molecule has 20 heavy (non-hydrogen) atoms. The molecule has 0 aliphatic carbocycles. The highest BCUT2D eigenvalue weighted by molar-refractivity contribution is 5.30. The average molecular weight is 269 g/mol. The summed E-state index contributed by atoms with van der Waals surface area (Å²) in [4.78, 5) is 9.01. The van der Waals surface area contributed by atoms with Crippen LogP contribution in [-0.2, 0) is 13.0 Å². The number of nitrogens with zero attached hydrogens (tertiary/aromatic N) is 2. The first-order valence-corrected chi connectivity index (χ1v) is 7.14. The molecule has 1 aromatic heterocycles. The maximum atomic E-state index is 4.63. The summed E-state index contributed by atoms with van der Waals surface area (Å²) in [5, 5.41) is 3.38. The second kappa shape index (κ2) is 6.62. The summed E-state index contributed by atoms with van der Waals surface area (Å²) in [6.07, 6.45) is 2.64. The van der Waals surface area contributed by atoms with Crippen molar-refractivity contribution >= 4 is 0 Å². The topological polar surface area (TPSA) is 37.8 Å². The van der Waals surface area contributed by atoms with Gasteiger partial charge in [-0.25, -0.2) is 9.97 Å². The van der Waals surface area contributed by atoms with Crippen LogP contribution in [-0.4, -0.2) is 16.0 Å². The molecule has 0 saturated heterocycles. The third kappa shape index (κ3) is 4.42. The lowest BCUT2D eigenvalue weighted by Gasteiger charge is -2.09. The van der Waals surface area contributed by atoms with Crippen molar-refractivity contribution in [1.29, 1.82) is 0 Å². The van der Waals surface area contributed by atoms with E-state index < -0.39 is 0 Å². The van der Waals surface area contributed by atoms with Crippen LogP contribution in [0.3, 0.4) is 0 Å². The summed E-state index contributed by atoms with van der Waals surface area (Å²) < 4.78 is 0. The van der Waals surface area contributed by atoms with E-state index in [1.807, 2.05) is 12.3 Å². The second-order valence-corrected chi connectivity index (χ2v) is 5.67. The summed E-state index contributed by atoms with van der Waals surface area (Å²) in [6, 6.07) is 9.03. The molecule has 0 bridgehead atoms. The predicted octanol–water partition coefficient (Wildman–Crippen LogP) is 3.18. The van der Waals surface area contributed by atoms with Crippen molar-refractivity contribution in [1.82, 2.24) is 15.3 Å². The highest BCUT2D eigenvalue weighted by Gasteiger charge is 2.03. The molecule has 3 heteroatoms. The van der Waals surface area contributed by atoms with E-state index in [4.69, 9.17) is 0 Å². The van der Waals surface area contributed by atoms with E-state index in [0.29, 0.717) is 6.04 Å². The molecule has 106 valence electrons. The van der Waals surface area contributed by atoms with Crippen molar-refractivity contribution < 1.29 is 0 Å². The smallest absolute Gasteiger partial charge is 0.132 e. The van der Waals surface area contributed by atoms with Crippen molar-refractivity contribution in [3.63, 3.8) is 0 Å². The van der Waals surface area contributed by atoms with Gasteiger partial charge in [-0.15, -0.1) is 0 Å². The highest BCUT2D eigenvalue weighted by atomic mass is 14.9. The van der Waals surface area contributed by atoms with Crippen LogP contribution >= 0.6 is 0 Å². The summed E-state index contributed by atoms with van der Waals surface area (Å²) in [5.41, 5.74) is 4.90. The van der Waals surface area contributed by atoms with Crippen molar-refractivity contribution in [2.75, 3.05) is 0 Å². The lowest BCUT2D eigenvalue weighted by atomic mass is 10.0. The first-order valence-electron chi connectivity index (χ1n) is 7.14. The van der Waals surface area contributed by atoms with Gasteiger partial charge >= 0.3 is 0 Å². The number of rotatable bonds is 5. The Labute approximate surface area is 121 Å². The van der Waals surface area contributed by atoms with Crippen molar-refractivity contribution in [3.8, 4) is 0 Å². The van der Waals surface area contributed by atoms with E-state index in [0.717, 1.165) is 24.5 Å². The molecule has 0 fully saturated rings. The summed E-state index contributed by atoms with van der Waals surface area (Å²) in [6.45, 7) is 9.32. The molecule has 0 unspecified atom stereocenters. The molecule has 3 nitrogen and oxygen atoms in total. The number of aryl methyl sites for hydroxylation is 2. The van der Waals surface area contributed by atoms with E-state index >= 15 is 0 Å². The third-order valence-corrected chi connectivity index (χ3v) is 3.10. The van der Waals surface area contributed by atoms with Gasteiger partial charge < -0.3 is 5.32 Å². The summed E-state index contributed by atoms with van der Waals surface area (Å²) in [7, 11) is 0. The molecule has 0 radical (unpaired) electrons. The van der Waals surface area contributed by atoms with E-state index in [2.05, 4.69) is 61.2 Å². The first kappa shape index (κ1) is 14.7. The summed E-state index contributed by atoms with van der Waals surface area (Å²) in [5.74, 6) is 0.887. The Bertz CT molecular complexity index is 556. The minimum Gasteiger partial charge on any atom is -0.309 e. The molecule has 0 aliphatic heterocycles. The monoisotopic (exact) mass is 269 g/mol. The zero-order chi connectivity index (χ0) is 14.5. The molecular formula is C17H23N3. The maximum Gasteiger partial charge on any atom is 0.132 e. The average Bonchev–Trinajstić information content (AvgIpc) is 2.35. The third-order valence-electron chi connectivity index (χ3n) is 3.10. The van der Waals surface area contributed by atoms with E-state index in [1.54, 1.807) is 0 Å². The Morgan fingerprint density at radius 2 is 1.80 bits per heavy atom. The maximum absolute atomic E-state index is 4.63. The minimum atomic E-state index is 0.466. The number of benzene rings is 1. The van der Waals surface area contributed by atoms with Gasteiger partial charge in [-0.05, 0) is 25.5 Å². The van der Waals surface area contributed by atoms with Gasteiger partial charge in [-0.2, -0.15) is 0 Å². The van der Waals surface area contributed by atoms with Gasteiger partial charge in [0.15, 0.2) is 0 Å². The Balaban J connectivity index is 2.11. The number of hydrogen-bond acceptors (Lipinski definition) is 3. The van der Waals surface area contributed by atoms with Gasteiger partial charge in [0, 0.05) is 25.2 Å². The fourth-order valence-electron chi connectivity index (χ4n) is 2.29. The van der Waals surface area contributed by atoms with Crippen LogP contribution in [0, 0.1) is 13.8 Å². The molecule has 0 spiro atoms. The van der Waals surface area contributed by atoms with Gasteiger partial charge in [-0.3, -0.25) is 0 Å². The minimum absolute atomic E-state index is 0.466. The van der Waals surface area contributed by atoms with E-state index in [9.17, 15) is 0 Å². The SMILES string of the molecule is Cc1cc(C)cc(Cc2nccc(CNC(C)C)n2)c1. The lowest BCUT2D eigenvalue weighted by Crippen LogP contribution is -2.22. The van der Waals surface area contributed by atoms with Crippen LogP contribution in [0.5, 0.6) is 0 Å². The van der Waals surface area contributed by atoms with E-state index in [1.165, 1.54) is 16.7 Å². The highest BCUT2D eigenvalue weighted by Crippen LogP contribution is 2.12. The van der Waals surface area contributed by atoms with Gasteiger partial charge in [0.2, 0.25) is 0 Å². The van der Waals surface area contributed by atoms with Crippen LogP contribution in [0.2, 0.25) is 0 Å². The molecule has 0 amide bonds. The number of nitrogens with one attached hydrogen (secondary N) is 1.